The number of rotatable bonds is 6. The van der Waals surface area contributed by atoms with Crippen LogP contribution >= 0.6 is 11.6 Å². The van der Waals surface area contributed by atoms with Crippen molar-refractivity contribution in [2.24, 2.45) is 5.92 Å². The van der Waals surface area contributed by atoms with E-state index in [-0.39, 0.29) is 10.7 Å². The van der Waals surface area contributed by atoms with Crippen molar-refractivity contribution in [3.05, 3.63) is 21.6 Å². The average Bonchev–Trinajstić information content (AvgIpc) is 3.15. The van der Waals surface area contributed by atoms with Crippen LogP contribution in [0.1, 0.15) is 25.7 Å². The highest BCUT2D eigenvalue weighted by Gasteiger charge is 2.29. The lowest BCUT2D eigenvalue weighted by Crippen LogP contribution is -2.30. The van der Waals surface area contributed by atoms with Crippen molar-refractivity contribution in [3.8, 4) is 0 Å². The zero-order valence-corrected chi connectivity index (χ0v) is 11.5. The van der Waals surface area contributed by atoms with Crippen LogP contribution in [0.4, 0.5) is 18.9 Å². The number of hydrogen-bond donors (Lipinski definition) is 1. The van der Waals surface area contributed by atoms with Crippen LogP contribution in [0.3, 0.4) is 0 Å². The Kier molecular flexibility index (Phi) is 4.57. The maximum absolute atomic E-state index is 12.2. The van der Waals surface area contributed by atoms with E-state index >= 15 is 0 Å². The minimum absolute atomic E-state index is 0.254. The van der Waals surface area contributed by atoms with Crippen molar-refractivity contribution in [1.29, 1.82) is 0 Å². The molecule has 0 spiro atoms. The van der Waals surface area contributed by atoms with Crippen LogP contribution in [0, 0.1) is 5.92 Å². The highest BCUT2D eigenvalue weighted by molar-refractivity contribution is 6.32. The molecule has 0 aliphatic heterocycles. The molecule has 2 rings (SSSR count). The predicted octanol–water partition coefficient (Wildman–Crippen LogP) is 3.06. The number of nitrogens with zero attached hydrogens (tertiary/aromatic N) is 2. The van der Waals surface area contributed by atoms with E-state index in [1.54, 1.807) is 0 Å². The molecule has 1 aliphatic rings. The topological polar surface area (TPSA) is 46.9 Å². The normalized spacial score (nSPS) is 15.4. The van der Waals surface area contributed by atoms with Crippen molar-refractivity contribution in [2.45, 2.75) is 38.4 Å². The van der Waals surface area contributed by atoms with Gasteiger partial charge in [-0.15, -0.1) is 0 Å². The second-order valence-electron chi connectivity index (χ2n) is 4.96. The van der Waals surface area contributed by atoms with Crippen LogP contribution in [0.5, 0.6) is 0 Å². The summed E-state index contributed by atoms with van der Waals surface area (Å²) in [5.74, 6) is 0.810. The maximum atomic E-state index is 12.2. The van der Waals surface area contributed by atoms with Gasteiger partial charge in [-0.1, -0.05) is 24.4 Å². The maximum Gasteiger partial charge on any atom is 0.408 e. The third-order valence-electron chi connectivity index (χ3n) is 3.12. The molecule has 1 N–H and O–H groups in total. The van der Waals surface area contributed by atoms with Gasteiger partial charge < -0.3 is 5.32 Å². The Morgan fingerprint density at radius 1 is 1.45 bits per heavy atom. The lowest BCUT2D eigenvalue weighted by molar-refractivity contribution is -0.143. The molecule has 0 atom stereocenters. The summed E-state index contributed by atoms with van der Waals surface area (Å²) in [7, 11) is 0. The molecular formula is C12H15ClF3N3O. The van der Waals surface area contributed by atoms with Gasteiger partial charge in [0.05, 0.1) is 11.9 Å². The fourth-order valence-electron chi connectivity index (χ4n) is 1.89. The standard InChI is InChI=1S/C12H15ClF3N3O/c13-10-9(17-5-1-2-8-3-4-8)6-18-19(11(10)20)7-12(14,15)16/h6,8,17H,1-5,7H2. The van der Waals surface area contributed by atoms with E-state index in [0.717, 1.165) is 25.0 Å². The fraction of sp³-hybridized carbons (Fsp3) is 0.667. The van der Waals surface area contributed by atoms with Gasteiger partial charge in [0.15, 0.2) is 0 Å². The summed E-state index contributed by atoms with van der Waals surface area (Å²) in [6, 6.07) is 0. The summed E-state index contributed by atoms with van der Waals surface area (Å²) in [5, 5.41) is 6.17. The molecule has 4 nitrogen and oxygen atoms in total. The van der Waals surface area contributed by atoms with E-state index in [1.165, 1.54) is 12.8 Å². The first-order chi connectivity index (χ1) is 9.37. The monoisotopic (exact) mass is 309 g/mol. The van der Waals surface area contributed by atoms with Gasteiger partial charge in [-0.05, 0) is 18.8 Å². The summed E-state index contributed by atoms with van der Waals surface area (Å²) < 4.78 is 37.0. The van der Waals surface area contributed by atoms with Crippen LogP contribution in [0.25, 0.3) is 0 Å². The zero-order valence-electron chi connectivity index (χ0n) is 10.7. The smallest absolute Gasteiger partial charge is 0.382 e. The van der Waals surface area contributed by atoms with Crippen molar-refractivity contribution in [3.63, 3.8) is 0 Å². The van der Waals surface area contributed by atoms with Crippen molar-refractivity contribution < 1.29 is 13.2 Å². The van der Waals surface area contributed by atoms with Gasteiger partial charge in [0.25, 0.3) is 5.56 Å². The lowest BCUT2D eigenvalue weighted by Gasteiger charge is -2.11. The van der Waals surface area contributed by atoms with E-state index in [9.17, 15) is 18.0 Å². The van der Waals surface area contributed by atoms with Crippen molar-refractivity contribution in [2.75, 3.05) is 11.9 Å². The Labute approximate surface area is 118 Å². The van der Waals surface area contributed by atoms with Gasteiger partial charge in [0, 0.05) is 6.54 Å². The molecule has 1 heterocycles. The minimum atomic E-state index is -4.50. The molecule has 1 aromatic heterocycles. The molecule has 1 saturated carbocycles. The molecule has 8 heteroatoms. The molecule has 1 aliphatic carbocycles. The van der Waals surface area contributed by atoms with E-state index in [1.807, 2.05) is 0 Å². The van der Waals surface area contributed by atoms with E-state index in [0.29, 0.717) is 11.2 Å². The zero-order chi connectivity index (χ0) is 14.8. The van der Waals surface area contributed by atoms with Gasteiger partial charge in [-0.3, -0.25) is 4.79 Å². The molecule has 0 unspecified atom stereocenters. The first-order valence-corrected chi connectivity index (χ1v) is 6.81. The second-order valence-corrected chi connectivity index (χ2v) is 5.34. The summed E-state index contributed by atoms with van der Waals surface area (Å²) in [6.45, 7) is -0.811. The Morgan fingerprint density at radius 3 is 2.75 bits per heavy atom. The van der Waals surface area contributed by atoms with Crippen molar-refractivity contribution >= 4 is 17.3 Å². The molecule has 0 radical (unpaired) electrons. The molecule has 0 amide bonds. The largest absolute Gasteiger partial charge is 0.408 e. The fourth-order valence-corrected chi connectivity index (χ4v) is 2.10. The van der Waals surface area contributed by atoms with Gasteiger partial charge in [-0.2, -0.15) is 18.3 Å². The number of halogens is 4. The Hall–Kier alpha value is -1.24. The molecule has 0 saturated heterocycles. The van der Waals surface area contributed by atoms with E-state index in [4.69, 9.17) is 11.6 Å². The summed E-state index contributed by atoms with van der Waals surface area (Å²) in [4.78, 5) is 11.6. The summed E-state index contributed by atoms with van der Waals surface area (Å²) in [5.41, 5.74) is -0.651. The van der Waals surface area contributed by atoms with Crippen LogP contribution in [-0.2, 0) is 6.54 Å². The Bertz CT molecular complexity index is 526. The lowest BCUT2D eigenvalue weighted by atomic mass is 10.2. The molecule has 0 bridgehead atoms. The molecular weight excluding hydrogens is 295 g/mol. The van der Waals surface area contributed by atoms with Crippen LogP contribution < -0.4 is 10.9 Å². The highest BCUT2D eigenvalue weighted by atomic mass is 35.5. The number of alkyl halides is 3. The molecule has 20 heavy (non-hydrogen) atoms. The second kappa shape index (κ2) is 6.03. The number of hydrogen-bond acceptors (Lipinski definition) is 3. The first kappa shape index (κ1) is 15.2. The summed E-state index contributed by atoms with van der Waals surface area (Å²) >= 11 is 5.78. The third kappa shape index (κ3) is 4.40. The quantitative estimate of drug-likeness (QED) is 0.822. The Balaban J connectivity index is 1.96. The third-order valence-corrected chi connectivity index (χ3v) is 3.48. The molecule has 1 aromatic rings. The van der Waals surface area contributed by atoms with Crippen molar-refractivity contribution in [1.82, 2.24) is 9.78 Å². The molecule has 112 valence electrons. The number of aromatic nitrogens is 2. The predicted molar refractivity (Wildman–Crippen MR) is 70.0 cm³/mol. The Morgan fingerprint density at radius 2 is 2.15 bits per heavy atom. The van der Waals surface area contributed by atoms with E-state index in [2.05, 4.69) is 10.4 Å². The number of nitrogens with one attached hydrogen (secondary N) is 1. The highest BCUT2D eigenvalue weighted by Crippen LogP contribution is 2.33. The first-order valence-electron chi connectivity index (χ1n) is 6.43. The SMILES string of the molecule is O=c1c(Cl)c(NCCCC2CC2)cnn1CC(F)(F)F. The minimum Gasteiger partial charge on any atom is -0.382 e. The van der Waals surface area contributed by atoms with Gasteiger partial charge >= 0.3 is 6.18 Å². The van der Waals surface area contributed by atoms with Gasteiger partial charge in [-0.25, -0.2) is 4.68 Å². The van der Waals surface area contributed by atoms with Gasteiger partial charge in [0.1, 0.15) is 11.6 Å². The molecule has 0 aromatic carbocycles. The average molecular weight is 310 g/mol. The summed E-state index contributed by atoms with van der Waals surface area (Å²) in [6.07, 6.45) is 1.26. The van der Waals surface area contributed by atoms with Crippen LogP contribution in [0.15, 0.2) is 11.0 Å². The number of anilines is 1. The van der Waals surface area contributed by atoms with E-state index < -0.39 is 18.3 Å². The molecule has 1 fully saturated rings. The van der Waals surface area contributed by atoms with Crippen LogP contribution in [-0.4, -0.2) is 22.5 Å². The van der Waals surface area contributed by atoms with Crippen LogP contribution in [0.2, 0.25) is 5.02 Å². The van der Waals surface area contributed by atoms with Gasteiger partial charge in [0.2, 0.25) is 0 Å².